The molecule has 0 aliphatic heterocycles. The van der Waals surface area contributed by atoms with Crippen molar-refractivity contribution in [2.45, 2.75) is 6.04 Å². The molecule has 0 aliphatic carbocycles. The Kier molecular flexibility index (Phi) is 3.69. The summed E-state index contributed by atoms with van der Waals surface area (Å²) in [7, 11) is 1.89. The number of rotatable bonds is 3. The molecule has 1 atom stereocenters. The first-order chi connectivity index (χ1) is 8.13. The lowest BCUT2D eigenvalue weighted by Crippen LogP contribution is -2.29. The van der Waals surface area contributed by atoms with Gasteiger partial charge >= 0.3 is 0 Å². The van der Waals surface area contributed by atoms with Gasteiger partial charge < -0.3 is 4.57 Å². The van der Waals surface area contributed by atoms with Crippen molar-refractivity contribution < 1.29 is 0 Å². The van der Waals surface area contributed by atoms with Crippen LogP contribution in [0.25, 0.3) is 0 Å². The first kappa shape index (κ1) is 12.4. The lowest BCUT2D eigenvalue weighted by atomic mass is 10.1. The fourth-order valence-corrected chi connectivity index (χ4v) is 2.08. The molecule has 2 aromatic rings. The molecule has 0 saturated heterocycles. The summed E-state index contributed by atoms with van der Waals surface area (Å²) in [5.41, 5.74) is 4.29. The molecule has 17 heavy (non-hydrogen) atoms. The van der Waals surface area contributed by atoms with Gasteiger partial charge in [-0.1, -0.05) is 35.3 Å². The second-order valence-corrected chi connectivity index (χ2v) is 4.49. The second-order valence-electron chi connectivity index (χ2n) is 3.71. The number of nitrogens with two attached hydrogens (primary N) is 1. The van der Waals surface area contributed by atoms with Gasteiger partial charge in [0.05, 0.1) is 28.1 Å². The Balaban J connectivity index is 2.45. The van der Waals surface area contributed by atoms with Crippen LogP contribution in [0.4, 0.5) is 0 Å². The Bertz CT molecular complexity index is 524. The van der Waals surface area contributed by atoms with E-state index in [1.165, 1.54) is 0 Å². The number of aryl methyl sites for hydroxylation is 1. The highest BCUT2D eigenvalue weighted by Crippen LogP contribution is 2.32. The smallest absolute Gasteiger partial charge is 0.0947 e. The number of hydrogen-bond acceptors (Lipinski definition) is 3. The SMILES string of the molecule is Cn1cnc(C(NN)c2cccc(Cl)c2Cl)c1. The highest BCUT2D eigenvalue weighted by molar-refractivity contribution is 6.42. The van der Waals surface area contributed by atoms with Crippen LogP contribution in [-0.4, -0.2) is 9.55 Å². The van der Waals surface area contributed by atoms with Crippen molar-refractivity contribution in [3.8, 4) is 0 Å². The predicted molar refractivity (Wildman–Crippen MR) is 68.8 cm³/mol. The molecular weight excluding hydrogens is 259 g/mol. The maximum absolute atomic E-state index is 6.16. The maximum atomic E-state index is 6.16. The van der Waals surface area contributed by atoms with E-state index in [0.29, 0.717) is 10.0 Å². The largest absolute Gasteiger partial charge is 0.340 e. The number of nitrogens with one attached hydrogen (secondary N) is 1. The number of halogens is 2. The van der Waals surface area contributed by atoms with E-state index in [2.05, 4.69) is 10.4 Å². The molecule has 6 heteroatoms. The van der Waals surface area contributed by atoms with E-state index < -0.39 is 0 Å². The average Bonchev–Trinajstić information content (AvgIpc) is 2.72. The van der Waals surface area contributed by atoms with Gasteiger partial charge in [-0.15, -0.1) is 0 Å². The zero-order valence-electron chi connectivity index (χ0n) is 9.19. The van der Waals surface area contributed by atoms with Crippen molar-refractivity contribution in [3.05, 3.63) is 52.0 Å². The van der Waals surface area contributed by atoms with Gasteiger partial charge in [0, 0.05) is 13.2 Å². The van der Waals surface area contributed by atoms with Gasteiger partial charge in [-0.3, -0.25) is 5.84 Å². The Labute approximate surface area is 109 Å². The summed E-state index contributed by atoms with van der Waals surface area (Å²) in [5.74, 6) is 5.56. The maximum Gasteiger partial charge on any atom is 0.0947 e. The van der Waals surface area contributed by atoms with Crippen LogP contribution in [0.15, 0.2) is 30.7 Å². The quantitative estimate of drug-likeness (QED) is 0.665. The number of nitrogens with zero attached hydrogens (tertiary/aromatic N) is 2. The molecule has 3 N–H and O–H groups in total. The Hall–Kier alpha value is -1.07. The molecule has 0 radical (unpaired) electrons. The minimum Gasteiger partial charge on any atom is -0.340 e. The summed E-state index contributed by atoms with van der Waals surface area (Å²) in [6, 6.07) is 5.16. The fraction of sp³-hybridized carbons (Fsp3) is 0.182. The molecule has 0 aliphatic rings. The molecule has 0 bridgehead atoms. The predicted octanol–water partition coefficient (Wildman–Crippen LogP) is 2.28. The van der Waals surface area contributed by atoms with Gasteiger partial charge in [-0.2, -0.15) is 0 Å². The van der Waals surface area contributed by atoms with Gasteiger partial charge in [0.15, 0.2) is 0 Å². The van der Waals surface area contributed by atoms with Crippen molar-refractivity contribution >= 4 is 23.2 Å². The zero-order chi connectivity index (χ0) is 12.4. The summed E-state index contributed by atoms with van der Waals surface area (Å²) < 4.78 is 1.85. The van der Waals surface area contributed by atoms with Crippen molar-refractivity contribution in [3.63, 3.8) is 0 Å². The van der Waals surface area contributed by atoms with E-state index in [1.54, 1.807) is 12.4 Å². The molecule has 1 aromatic carbocycles. The number of aromatic nitrogens is 2. The highest BCUT2D eigenvalue weighted by atomic mass is 35.5. The number of benzene rings is 1. The van der Waals surface area contributed by atoms with Crippen molar-refractivity contribution in [1.82, 2.24) is 15.0 Å². The normalized spacial score (nSPS) is 12.7. The van der Waals surface area contributed by atoms with Crippen LogP contribution in [-0.2, 0) is 7.05 Å². The van der Waals surface area contributed by atoms with Crippen LogP contribution in [0, 0.1) is 0 Å². The van der Waals surface area contributed by atoms with Gasteiger partial charge in [0.2, 0.25) is 0 Å². The van der Waals surface area contributed by atoms with Gasteiger partial charge in [0.25, 0.3) is 0 Å². The minimum absolute atomic E-state index is 0.276. The third-order valence-corrected chi connectivity index (χ3v) is 3.31. The zero-order valence-corrected chi connectivity index (χ0v) is 10.7. The molecule has 2 rings (SSSR count). The van der Waals surface area contributed by atoms with E-state index in [1.807, 2.05) is 29.9 Å². The standard InChI is InChI=1S/C11H12Cl2N4/c1-17-5-9(15-6-17)11(16-14)7-3-2-4-8(12)10(7)13/h2-6,11,16H,14H2,1H3. The van der Waals surface area contributed by atoms with Crippen LogP contribution in [0.2, 0.25) is 10.0 Å². The van der Waals surface area contributed by atoms with E-state index in [0.717, 1.165) is 11.3 Å². The molecular formula is C11H12Cl2N4. The van der Waals surface area contributed by atoms with Crippen LogP contribution in [0.5, 0.6) is 0 Å². The average molecular weight is 271 g/mol. The number of imidazole rings is 1. The highest BCUT2D eigenvalue weighted by Gasteiger charge is 2.18. The molecule has 1 unspecified atom stereocenters. The molecule has 0 fully saturated rings. The first-order valence-electron chi connectivity index (χ1n) is 5.01. The van der Waals surface area contributed by atoms with E-state index in [4.69, 9.17) is 29.0 Å². The van der Waals surface area contributed by atoms with Crippen molar-refractivity contribution in [2.75, 3.05) is 0 Å². The van der Waals surface area contributed by atoms with E-state index in [-0.39, 0.29) is 6.04 Å². The lowest BCUT2D eigenvalue weighted by Gasteiger charge is -2.16. The lowest BCUT2D eigenvalue weighted by molar-refractivity contribution is 0.623. The first-order valence-corrected chi connectivity index (χ1v) is 5.77. The van der Waals surface area contributed by atoms with Gasteiger partial charge in [-0.25, -0.2) is 10.4 Å². The van der Waals surface area contributed by atoms with Crippen LogP contribution in [0.1, 0.15) is 17.3 Å². The summed E-state index contributed by atoms with van der Waals surface area (Å²) >= 11 is 12.1. The van der Waals surface area contributed by atoms with Gasteiger partial charge in [0.1, 0.15) is 0 Å². The molecule has 1 heterocycles. The monoisotopic (exact) mass is 270 g/mol. The van der Waals surface area contributed by atoms with E-state index in [9.17, 15) is 0 Å². The second kappa shape index (κ2) is 5.06. The minimum atomic E-state index is -0.276. The Morgan fingerprint density at radius 2 is 2.18 bits per heavy atom. The van der Waals surface area contributed by atoms with Crippen molar-refractivity contribution in [1.29, 1.82) is 0 Å². The Morgan fingerprint density at radius 3 is 2.76 bits per heavy atom. The van der Waals surface area contributed by atoms with Crippen molar-refractivity contribution in [2.24, 2.45) is 12.9 Å². The van der Waals surface area contributed by atoms with Gasteiger partial charge in [-0.05, 0) is 11.6 Å². The fourth-order valence-electron chi connectivity index (χ4n) is 1.66. The third kappa shape index (κ3) is 2.45. The molecule has 0 amide bonds. The molecule has 0 spiro atoms. The van der Waals surface area contributed by atoms with Crippen LogP contribution in [0.3, 0.4) is 0 Å². The number of hydrogen-bond donors (Lipinski definition) is 2. The Morgan fingerprint density at radius 1 is 1.41 bits per heavy atom. The van der Waals surface area contributed by atoms with E-state index >= 15 is 0 Å². The van der Waals surface area contributed by atoms with Crippen LogP contribution < -0.4 is 11.3 Å². The molecule has 1 aromatic heterocycles. The summed E-state index contributed by atoms with van der Waals surface area (Å²) in [5, 5.41) is 0.989. The molecule has 90 valence electrons. The third-order valence-electron chi connectivity index (χ3n) is 2.48. The molecule has 0 saturated carbocycles. The summed E-state index contributed by atoms with van der Waals surface area (Å²) in [6.45, 7) is 0. The summed E-state index contributed by atoms with van der Waals surface area (Å²) in [4.78, 5) is 4.25. The number of hydrazine groups is 1. The summed E-state index contributed by atoms with van der Waals surface area (Å²) in [6.07, 6.45) is 3.58. The topological polar surface area (TPSA) is 55.9 Å². The van der Waals surface area contributed by atoms with Crippen LogP contribution >= 0.6 is 23.2 Å². The molecule has 4 nitrogen and oxygen atoms in total.